The molecule has 1 aliphatic rings. The van der Waals surface area contributed by atoms with Crippen LogP contribution in [0.1, 0.15) is 71.1 Å². The van der Waals surface area contributed by atoms with Gasteiger partial charge in [-0.25, -0.2) is 0 Å². The number of rotatable bonds is 7. The second kappa shape index (κ2) is 8.43. The number of carbonyl (C=O) groups is 1. The SMILES string of the molecule is CCCCc1noc([C@H](C)N[C@@H]2CCN(C(C)=O)C[C@@H]2CC)n1. The van der Waals surface area contributed by atoms with Gasteiger partial charge in [-0.05, 0) is 25.7 Å². The second-order valence-electron chi connectivity index (χ2n) is 6.57. The second-order valence-corrected chi connectivity index (χ2v) is 6.57. The first-order chi connectivity index (χ1) is 11.0. The summed E-state index contributed by atoms with van der Waals surface area (Å²) in [4.78, 5) is 18.0. The lowest BCUT2D eigenvalue weighted by molar-refractivity contribution is -0.131. The smallest absolute Gasteiger partial charge is 0.243 e. The molecule has 0 saturated carbocycles. The van der Waals surface area contributed by atoms with Gasteiger partial charge in [-0.3, -0.25) is 4.79 Å². The maximum absolute atomic E-state index is 11.6. The van der Waals surface area contributed by atoms with Crippen molar-refractivity contribution in [2.24, 2.45) is 5.92 Å². The van der Waals surface area contributed by atoms with E-state index in [-0.39, 0.29) is 11.9 Å². The van der Waals surface area contributed by atoms with E-state index < -0.39 is 0 Å². The van der Waals surface area contributed by atoms with Crippen LogP contribution in [0, 0.1) is 5.92 Å². The monoisotopic (exact) mass is 322 g/mol. The molecule has 6 heteroatoms. The molecule has 0 aliphatic carbocycles. The van der Waals surface area contributed by atoms with Crippen molar-refractivity contribution >= 4 is 5.91 Å². The molecule has 1 aliphatic heterocycles. The van der Waals surface area contributed by atoms with Crippen LogP contribution in [0.5, 0.6) is 0 Å². The first kappa shape index (κ1) is 17.9. The number of hydrogen-bond donors (Lipinski definition) is 1. The van der Waals surface area contributed by atoms with Crippen LogP contribution in [-0.2, 0) is 11.2 Å². The Morgan fingerprint density at radius 2 is 2.26 bits per heavy atom. The van der Waals surface area contributed by atoms with Crippen LogP contribution in [0.25, 0.3) is 0 Å². The van der Waals surface area contributed by atoms with E-state index in [2.05, 4.69) is 36.2 Å². The molecule has 2 rings (SSSR count). The lowest BCUT2D eigenvalue weighted by Gasteiger charge is -2.39. The summed E-state index contributed by atoms with van der Waals surface area (Å²) in [5, 5.41) is 7.69. The van der Waals surface area contributed by atoms with Gasteiger partial charge in [0.05, 0.1) is 6.04 Å². The van der Waals surface area contributed by atoms with Crippen LogP contribution in [0.15, 0.2) is 4.52 Å². The van der Waals surface area contributed by atoms with E-state index in [0.29, 0.717) is 17.9 Å². The number of nitrogens with one attached hydrogen (secondary N) is 1. The number of piperidine rings is 1. The third-order valence-corrected chi connectivity index (χ3v) is 4.78. The summed E-state index contributed by atoms with van der Waals surface area (Å²) in [5.74, 6) is 2.11. The zero-order chi connectivity index (χ0) is 16.8. The maximum Gasteiger partial charge on any atom is 0.243 e. The topological polar surface area (TPSA) is 71.3 Å². The van der Waals surface area contributed by atoms with Gasteiger partial charge >= 0.3 is 0 Å². The minimum Gasteiger partial charge on any atom is -0.343 e. The lowest BCUT2D eigenvalue weighted by atomic mass is 9.89. The summed E-state index contributed by atoms with van der Waals surface area (Å²) in [7, 11) is 0. The molecule has 1 fully saturated rings. The molecular weight excluding hydrogens is 292 g/mol. The van der Waals surface area contributed by atoms with Crippen molar-refractivity contribution in [3.05, 3.63) is 11.7 Å². The molecule has 1 saturated heterocycles. The number of nitrogens with zero attached hydrogens (tertiary/aromatic N) is 3. The van der Waals surface area contributed by atoms with Crippen molar-refractivity contribution in [3.63, 3.8) is 0 Å². The van der Waals surface area contributed by atoms with E-state index in [1.807, 2.05) is 4.90 Å². The normalized spacial score (nSPS) is 23.0. The highest BCUT2D eigenvalue weighted by Gasteiger charge is 2.31. The molecule has 2 heterocycles. The molecule has 0 spiro atoms. The predicted octanol–water partition coefficient (Wildman–Crippen LogP) is 2.71. The van der Waals surface area contributed by atoms with E-state index >= 15 is 0 Å². The molecule has 0 aromatic carbocycles. The van der Waals surface area contributed by atoms with Gasteiger partial charge in [0.1, 0.15) is 0 Å². The van der Waals surface area contributed by atoms with E-state index in [1.165, 1.54) is 0 Å². The van der Waals surface area contributed by atoms with Gasteiger partial charge in [-0.15, -0.1) is 0 Å². The fraction of sp³-hybridized carbons (Fsp3) is 0.824. The predicted molar refractivity (Wildman–Crippen MR) is 88.9 cm³/mol. The van der Waals surface area contributed by atoms with Gasteiger partial charge in [0.2, 0.25) is 11.8 Å². The standard InChI is InChI=1S/C17H30N4O2/c1-5-7-8-16-19-17(23-20-16)12(3)18-15-9-10-21(13(4)22)11-14(15)6-2/h12,14-15,18H,5-11H2,1-4H3/t12-,14-,15+/m0/s1. The minimum absolute atomic E-state index is 0.0424. The third kappa shape index (κ3) is 4.77. The molecule has 1 aromatic rings. The Morgan fingerprint density at radius 1 is 1.48 bits per heavy atom. The van der Waals surface area contributed by atoms with E-state index in [9.17, 15) is 4.79 Å². The highest BCUT2D eigenvalue weighted by molar-refractivity contribution is 5.73. The van der Waals surface area contributed by atoms with Crippen LogP contribution < -0.4 is 5.32 Å². The quantitative estimate of drug-likeness (QED) is 0.835. The highest BCUT2D eigenvalue weighted by Crippen LogP contribution is 2.23. The van der Waals surface area contributed by atoms with Crippen molar-refractivity contribution in [2.75, 3.05) is 13.1 Å². The van der Waals surface area contributed by atoms with Crippen molar-refractivity contribution in [3.8, 4) is 0 Å². The molecule has 1 N–H and O–H groups in total. The van der Waals surface area contributed by atoms with Gasteiger partial charge in [0, 0.05) is 32.5 Å². The Morgan fingerprint density at radius 3 is 2.91 bits per heavy atom. The van der Waals surface area contributed by atoms with Crippen LogP contribution in [0.3, 0.4) is 0 Å². The minimum atomic E-state index is 0.0424. The Balaban J connectivity index is 1.92. The highest BCUT2D eigenvalue weighted by atomic mass is 16.5. The summed E-state index contributed by atoms with van der Waals surface area (Å²) in [6.45, 7) is 9.72. The molecule has 0 bridgehead atoms. The zero-order valence-corrected chi connectivity index (χ0v) is 14.8. The van der Waals surface area contributed by atoms with Gasteiger partial charge < -0.3 is 14.7 Å². The number of aromatic nitrogens is 2. The molecule has 3 atom stereocenters. The van der Waals surface area contributed by atoms with Gasteiger partial charge in [-0.1, -0.05) is 31.8 Å². The number of carbonyl (C=O) groups excluding carboxylic acids is 1. The molecule has 130 valence electrons. The summed E-state index contributed by atoms with van der Waals surface area (Å²) < 4.78 is 5.41. The van der Waals surface area contributed by atoms with E-state index in [1.54, 1.807) is 6.92 Å². The average molecular weight is 322 g/mol. The fourth-order valence-corrected chi connectivity index (χ4v) is 3.22. The number of hydrogen-bond acceptors (Lipinski definition) is 5. The van der Waals surface area contributed by atoms with Crippen LogP contribution in [0.4, 0.5) is 0 Å². The largest absolute Gasteiger partial charge is 0.343 e. The molecule has 6 nitrogen and oxygen atoms in total. The van der Waals surface area contributed by atoms with Gasteiger partial charge in [-0.2, -0.15) is 4.98 Å². The van der Waals surface area contributed by atoms with Crippen LogP contribution in [-0.4, -0.2) is 40.1 Å². The van der Waals surface area contributed by atoms with E-state index in [4.69, 9.17) is 4.52 Å². The zero-order valence-electron chi connectivity index (χ0n) is 14.8. The fourth-order valence-electron chi connectivity index (χ4n) is 3.22. The summed E-state index contributed by atoms with van der Waals surface area (Å²) in [5.41, 5.74) is 0. The summed E-state index contributed by atoms with van der Waals surface area (Å²) in [6.07, 6.45) is 5.12. The average Bonchev–Trinajstić information content (AvgIpc) is 3.02. The third-order valence-electron chi connectivity index (χ3n) is 4.78. The first-order valence-corrected chi connectivity index (χ1v) is 8.89. The molecule has 0 unspecified atom stereocenters. The summed E-state index contributed by atoms with van der Waals surface area (Å²) >= 11 is 0. The Kier molecular flexibility index (Phi) is 6.57. The number of likely N-dealkylation sites (tertiary alicyclic amines) is 1. The van der Waals surface area contributed by atoms with Gasteiger partial charge in [0.25, 0.3) is 0 Å². The number of unbranched alkanes of at least 4 members (excludes halogenated alkanes) is 1. The molecule has 0 radical (unpaired) electrons. The van der Waals surface area contributed by atoms with Crippen molar-refractivity contribution in [1.29, 1.82) is 0 Å². The van der Waals surface area contributed by atoms with E-state index in [0.717, 1.165) is 51.0 Å². The maximum atomic E-state index is 11.6. The van der Waals surface area contributed by atoms with Crippen LogP contribution in [0.2, 0.25) is 0 Å². The van der Waals surface area contributed by atoms with Crippen molar-refractivity contribution < 1.29 is 9.32 Å². The van der Waals surface area contributed by atoms with Crippen molar-refractivity contribution in [2.45, 2.75) is 71.9 Å². The van der Waals surface area contributed by atoms with Crippen LogP contribution >= 0.6 is 0 Å². The number of amides is 1. The van der Waals surface area contributed by atoms with Gasteiger partial charge in [0.15, 0.2) is 5.82 Å². The van der Waals surface area contributed by atoms with Crippen molar-refractivity contribution in [1.82, 2.24) is 20.4 Å². The molecule has 1 aromatic heterocycles. The number of aryl methyl sites for hydroxylation is 1. The lowest BCUT2D eigenvalue weighted by Crippen LogP contribution is -2.50. The molecule has 1 amide bonds. The Hall–Kier alpha value is -1.43. The Bertz CT molecular complexity index is 503. The first-order valence-electron chi connectivity index (χ1n) is 8.89. The molecule has 23 heavy (non-hydrogen) atoms. The Labute approximate surface area is 139 Å². The summed E-state index contributed by atoms with van der Waals surface area (Å²) in [6, 6.07) is 0.428. The molecular formula is C17H30N4O2.